The molecule has 0 aromatic heterocycles. The molecular formula is C9H11NO3. The third-order valence-corrected chi connectivity index (χ3v) is 1.58. The normalized spacial score (nSPS) is 15.9. The van der Waals surface area contributed by atoms with Crippen molar-refractivity contribution in [3.8, 4) is 5.75 Å². The standard InChI is InChI=1S/C9H11NO3/c10-8(9(12)13)5-6-2-1-3-7(11)4-6/h1-4,8,11H,5,10H2,(H,12,13)/t8-/m0/s1/i8D. The number of nitrogens with two attached hydrogens (primary N) is 1. The molecule has 0 heterocycles. The van der Waals surface area contributed by atoms with E-state index in [1.165, 1.54) is 12.1 Å². The van der Waals surface area contributed by atoms with E-state index in [9.17, 15) is 4.79 Å². The van der Waals surface area contributed by atoms with E-state index in [-0.39, 0.29) is 12.2 Å². The number of carboxylic acid groups (broad SMARTS) is 1. The summed E-state index contributed by atoms with van der Waals surface area (Å²) in [5, 5.41) is 17.7. The summed E-state index contributed by atoms with van der Waals surface area (Å²) in [6.45, 7) is 0. The fraction of sp³-hybridized carbons (Fsp3) is 0.222. The summed E-state index contributed by atoms with van der Waals surface area (Å²) in [5.41, 5.74) is 5.75. The van der Waals surface area contributed by atoms with Gasteiger partial charge in [-0.05, 0) is 24.1 Å². The summed E-state index contributed by atoms with van der Waals surface area (Å²) in [6.07, 6.45) is -0.142. The van der Waals surface area contributed by atoms with Crippen LogP contribution in [-0.4, -0.2) is 22.2 Å². The van der Waals surface area contributed by atoms with Gasteiger partial charge in [-0.1, -0.05) is 12.1 Å². The van der Waals surface area contributed by atoms with E-state index in [1.54, 1.807) is 12.1 Å². The molecule has 1 aromatic carbocycles. The minimum Gasteiger partial charge on any atom is -0.508 e. The number of carbonyl (C=O) groups is 1. The maximum atomic E-state index is 10.5. The van der Waals surface area contributed by atoms with Gasteiger partial charge in [-0.25, -0.2) is 0 Å². The van der Waals surface area contributed by atoms with E-state index in [2.05, 4.69) is 0 Å². The fourth-order valence-corrected chi connectivity index (χ4v) is 0.962. The number of aliphatic carboxylic acids is 1. The van der Waals surface area contributed by atoms with Crippen LogP contribution in [0.3, 0.4) is 0 Å². The first-order chi connectivity index (χ1) is 6.42. The van der Waals surface area contributed by atoms with E-state index in [0.29, 0.717) is 5.56 Å². The van der Waals surface area contributed by atoms with Gasteiger partial charge in [0.15, 0.2) is 0 Å². The van der Waals surface area contributed by atoms with Crippen molar-refractivity contribution in [1.29, 1.82) is 0 Å². The van der Waals surface area contributed by atoms with Gasteiger partial charge >= 0.3 is 5.97 Å². The Labute approximate surface area is 77.0 Å². The van der Waals surface area contributed by atoms with Crippen LogP contribution in [0.1, 0.15) is 6.93 Å². The van der Waals surface area contributed by atoms with Crippen LogP contribution in [0.5, 0.6) is 5.75 Å². The highest BCUT2D eigenvalue weighted by Crippen LogP contribution is 2.11. The van der Waals surface area contributed by atoms with Gasteiger partial charge in [0.2, 0.25) is 0 Å². The zero-order valence-electron chi connectivity index (χ0n) is 7.90. The summed E-state index contributed by atoms with van der Waals surface area (Å²) in [4.78, 5) is 10.5. The predicted molar refractivity (Wildman–Crippen MR) is 47.4 cm³/mol. The second-order valence-electron chi connectivity index (χ2n) is 2.68. The van der Waals surface area contributed by atoms with Crippen LogP contribution in [0, 0.1) is 0 Å². The van der Waals surface area contributed by atoms with Crippen LogP contribution in [-0.2, 0) is 11.2 Å². The van der Waals surface area contributed by atoms with Gasteiger partial charge in [-0.2, -0.15) is 0 Å². The Hall–Kier alpha value is -1.55. The molecule has 0 aliphatic heterocycles. The minimum absolute atomic E-state index is 0.0312. The van der Waals surface area contributed by atoms with E-state index in [1.807, 2.05) is 0 Å². The molecule has 0 saturated carbocycles. The van der Waals surface area contributed by atoms with Gasteiger partial charge in [-0.15, -0.1) is 0 Å². The third kappa shape index (κ3) is 2.76. The lowest BCUT2D eigenvalue weighted by Gasteiger charge is -2.05. The van der Waals surface area contributed by atoms with E-state index in [4.69, 9.17) is 17.3 Å². The molecule has 0 fully saturated rings. The van der Waals surface area contributed by atoms with Gasteiger partial charge < -0.3 is 15.9 Å². The maximum absolute atomic E-state index is 10.5. The molecule has 0 aliphatic rings. The molecule has 70 valence electrons. The van der Waals surface area contributed by atoms with Crippen molar-refractivity contribution in [3.63, 3.8) is 0 Å². The van der Waals surface area contributed by atoms with Crippen LogP contribution in [0.15, 0.2) is 24.3 Å². The lowest BCUT2D eigenvalue weighted by atomic mass is 10.1. The number of hydrogen-bond donors (Lipinski definition) is 3. The summed E-state index contributed by atoms with van der Waals surface area (Å²) < 4.78 is 7.29. The number of carboxylic acids is 1. The highest BCUT2D eigenvalue weighted by molar-refractivity contribution is 5.73. The summed E-state index contributed by atoms with van der Waals surface area (Å²) in [7, 11) is 0. The van der Waals surface area contributed by atoms with Crippen molar-refractivity contribution in [2.75, 3.05) is 0 Å². The van der Waals surface area contributed by atoms with Crippen molar-refractivity contribution >= 4 is 5.97 Å². The predicted octanol–water partition coefficient (Wildman–Crippen LogP) is 0.347. The number of phenolic OH excluding ortho intramolecular Hbond substituents is 1. The zero-order valence-corrected chi connectivity index (χ0v) is 6.90. The quantitative estimate of drug-likeness (QED) is 0.629. The molecule has 4 nitrogen and oxygen atoms in total. The molecule has 0 spiro atoms. The largest absolute Gasteiger partial charge is 0.508 e. The van der Waals surface area contributed by atoms with Crippen molar-refractivity contribution in [2.45, 2.75) is 12.4 Å². The molecule has 0 aliphatic carbocycles. The van der Waals surface area contributed by atoms with Gasteiger partial charge in [0, 0.05) is 0 Å². The van der Waals surface area contributed by atoms with Gasteiger partial charge in [0.1, 0.15) is 11.8 Å². The second-order valence-corrected chi connectivity index (χ2v) is 2.68. The topological polar surface area (TPSA) is 83.5 Å². The molecule has 0 amide bonds. The Balaban J connectivity index is 2.83. The third-order valence-electron chi connectivity index (χ3n) is 1.58. The first-order valence-electron chi connectivity index (χ1n) is 4.22. The van der Waals surface area contributed by atoms with Gasteiger partial charge in [0.25, 0.3) is 0 Å². The molecule has 4 heteroatoms. The molecule has 1 rings (SSSR count). The van der Waals surface area contributed by atoms with Crippen LogP contribution in [0.25, 0.3) is 0 Å². The van der Waals surface area contributed by atoms with Crippen LogP contribution in [0.2, 0.25) is 0 Å². The van der Waals surface area contributed by atoms with E-state index < -0.39 is 12.0 Å². The Morgan fingerprint density at radius 3 is 2.92 bits per heavy atom. The van der Waals surface area contributed by atoms with Gasteiger partial charge in [-0.3, -0.25) is 4.79 Å². The van der Waals surface area contributed by atoms with Crippen molar-refractivity contribution in [1.82, 2.24) is 0 Å². The first-order valence-corrected chi connectivity index (χ1v) is 3.72. The molecule has 0 radical (unpaired) electrons. The maximum Gasteiger partial charge on any atom is 0.320 e. The Bertz CT molecular complexity index is 352. The van der Waals surface area contributed by atoms with Crippen molar-refractivity contribution < 1.29 is 16.4 Å². The number of aromatic hydroxyl groups is 1. The highest BCUT2D eigenvalue weighted by atomic mass is 16.4. The molecule has 1 aromatic rings. The first kappa shape index (κ1) is 8.07. The number of phenols is 1. The molecule has 0 unspecified atom stereocenters. The second kappa shape index (κ2) is 3.91. The Morgan fingerprint density at radius 2 is 2.38 bits per heavy atom. The van der Waals surface area contributed by atoms with Crippen molar-refractivity contribution in [2.24, 2.45) is 5.73 Å². The molecule has 4 N–H and O–H groups in total. The molecule has 0 bridgehead atoms. The fourth-order valence-electron chi connectivity index (χ4n) is 0.962. The minimum atomic E-state index is -2.05. The van der Waals surface area contributed by atoms with Crippen molar-refractivity contribution in [3.05, 3.63) is 29.8 Å². The average Bonchev–Trinajstić information content (AvgIpc) is 2.02. The number of rotatable bonds is 3. The van der Waals surface area contributed by atoms with Crippen LogP contribution < -0.4 is 5.73 Å². The summed E-state index contributed by atoms with van der Waals surface area (Å²) in [5.74, 6) is -1.36. The monoisotopic (exact) mass is 182 g/mol. The summed E-state index contributed by atoms with van der Waals surface area (Å²) >= 11 is 0. The molecule has 1 atom stereocenters. The van der Waals surface area contributed by atoms with Crippen LogP contribution >= 0.6 is 0 Å². The molecule has 0 saturated heterocycles. The lowest BCUT2D eigenvalue weighted by Crippen LogP contribution is -2.32. The van der Waals surface area contributed by atoms with Gasteiger partial charge in [0.05, 0.1) is 1.37 Å². The summed E-state index contributed by atoms with van der Waals surface area (Å²) in [6, 6.07) is 3.99. The Morgan fingerprint density at radius 1 is 1.69 bits per heavy atom. The van der Waals surface area contributed by atoms with E-state index >= 15 is 0 Å². The molecule has 13 heavy (non-hydrogen) atoms. The average molecular weight is 182 g/mol. The molecular weight excluding hydrogens is 170 g/mol. The SMILES string of the molecule is [2H][C@](N)(Cc1cccc(O)c1)C(=O)O. The lowest BCUT2D eigenvalue weighted by molar-refractivity contribution is -0.138. The number of benzene rings is 1. The van der Waals surface area contributed by atoms with E-state index in [0.717, 1.165) is 0 Å². The van der Waals surface area contributed by atoms with Crippen LogP contribution in [0.4, 0.5) is 0 Å². The Kier molecular flexibility index (Phi) is 2.43. The number of hydrogen-bond acceptors (Lipinski definition) is 3. The zero-order chi connectivity index (χ0) is 10.8. The highest BCUT2D eigenvalue weighted by Gasteiger charge is 2.11. The smallest absolute Gasteiger partial charge is 0.320 e.